The summed E-state index contributed by atoms with van der Waals surface area (Å²) in [6.45, 7) is 0. The van der Waals surface area contributed by atoms with Gasteiger partial charge in [-0.3, -0.25) is 0 Å². The molecule has 4 fully saturated rings. The van der Waals surface area contributed by atoms with Crippen LogP contribution in [-0.4, -0.2) is 15.0 Å². The lowest BCUT2D eigenvalue weighted by atomic mass is 9.43. The molecule has 1 spiro atoms. The van der Waals surface area contributed by atoms with Gasteiger partial charge in [0.1, 0.15) is 0 Å². The number of aromatic nitrogens is 3. The van der Waals surface area contributed by atoms with Crippen LogP contribution in [0.4, 0.5) is 0 Å². The third-order valence-corrected chi connectivity index (χ3v) is 13.2. The van der Waals surface area contributed by atoms with Crippen LogP contribution in [0.15, 0.2) is 146 Å². The molecule has 5 aliphatic carbocycles. The fraction of sp³-hybridized carbons (Fsp3) is 0.200. The van der Waals surface area contributed by atoms with Gasteiger partial charge in [0.15, 0.2) is 17.5 Å². The van der Waals surface area contributed by atoms with Crippen LogP contribution < -0.4 is 0 Å². The van der Waals surface area contributed by atoms with Gasteiger partial charge in [0, 0.05) is 27.7 Å². The molecular formula is C50H38N4. The molecule has 4 saturated carbocycles. The normalized spacial score (nSPS) is 22.9. The summed E-state index contributed by atoms with van der Waals surface area (Å²) in [5.41, 5.74) is 13.6. The number of rotatable bonds is 5. The topological polar surface area (TPSA) is 62.5 Å². The lowest BCUT2D eigenvalue weighted by Gasteiger charge is -2.61. The second kappa shape index (κ2) is 12.2. The molecule has 4 nitrogen and oxygen atoms in total. The molecule has 0 atom stereocenters. The smallest absolute Gasteiger partial charge is 0.164 e. The Morgan fingerprint density at radius 2 is 0.981 bits per heavy atom. The van der Waals surface area contributed by atoms with Crippen LogP contribution in [-0.2, 0) is 5.41 Å². The summed E-state index contributed by atoms with van der Waals surface area (Å²) in [5, 5.41) is 10.4. The van der Waals surface area contributed by atoms with E-state index in [2.05, 4.69) is 109 Å². The molecular weight excluding hydrogens is 657 g/mol. The predicted molar refractivity (Wildman–Crippen MR) is 215 cm³/mol. The molecule has 1 aromatic heterocycles. The Morgan fingerprint density at radius 3 is 1.59 bits per heavy atom. The molecule has 0 unspecified atom stereocenters. The average molecular weight is 695 g/mol. The van der Waals surface area contributed by atoms with Crippen LogP contribution in [0.5, 0.6) is 0 Å². The average Bonchev–Trinajstić information content (AvgIpc) is 3.53. The summed E-state index contributed by atoms with van der Waals surface area (Å²) < 4.78 is 0. The molecule has 4 heteroatoms. The highest BCUT2D eigenvalue weighted by Gasteiger charge is 2.61. The molecule has 6 aromatic carbocycles. The highest BCUT2D eigenvalue weighted by atomic mass is 15.0. The molecule has 1 heterocycles. The van der Waals surface area contributed by atoms with E-state index in [-0.39, 0.29) is 5.41 Å². The highest BCUT2D eigenvalue weighted by Crippen LogP contribution is 2.69. The van der Waals surface area contributed by atoms with Crippen LogP contribution >= 0.6 is 0 Å². The van der Waals surface area contributed by atoms with E-state index in [0.29, 0.717) is 29.3 Å². The Labute approximate surface area is 316 Å². The molecule has 4 bridgehead atoms. The van der Waals surface area contributed by atoms with Gasteiger partial charge in [-0.25, -0.2) is 15.0 Å². The molecule has 0 aliphatic heterocycles. The monoisotopic (exact) mass is 694 g/mol. The number of fused-ring (bicyclic) bond motifs is 3. The molecule has 0 amide bonds. The maximum atomic E-state index is 10.4. The van der Waals surface area contributed by atoms with Gasteiger partial charge in [0.2, 0.25) is 0 Å². The van der Waals surface area contributed by atoms with E-state index in [9.17, 15) is 5.26 Å². The number of hydrogen-bond acceptors (Lipinski definition) is 4. The second-order valence-corrected chi connectivity index (χ2v) is 15.9. The largest absolute Gasteiger partial charge is 0.208 e. The molecule has 258 valence electrons. The van der Waals surface area contributed by atoms with E-state index in [1.807, 2.05) is 42.5 Å². The minimum atomic E-state index is -0.0274. The van der Waals surface area contributed by atoms with E-state index in [4.69, 9.17) is 15.0 Å². The van der Waals surface area contributed by atoms with Gasteiger partial charge in [-0.2, -0.15) is 5.26 Å². The summed E-state index contributed by atoms with van der Waals surface area (Å²) in [6.07, 6.45) is 6.63. The van der Waals surface area contributed by atoms with Crippen molar-refractivity contribution in [3.05, 3.63) is 162 Å². The molecule has 54 heavy (non-hydrogen) atoms. The first kappa shape index (κ1) is 31.4. The summed E-state index contributed by atoms with van der Waals surface area (Å²) in [4.78, 5) is 15.2. The Hall–Kier alpha value is -6.18. The number of nitriles is 1. The number of hydrogen-bond donors (Lipinski definition) is 0. The minimum absolute atomic E-state index is 0.0274. The minimum Gasteiger partial charge on any atom is -0.208 e. The van der Waals surface area contributed by atoms with Gasteiger partial charge in [-0.05, 0) is 107 Å². The van der Waals surface area contributed by atoms with Crippen LogP contribution in [0.2, 0.25) is 0 Å². The van der Waals surface area contributed by atoms with Gasteiger partial charge < -0.3 is 0 Å². The molecule has 12 rings (SSSR count). The molecule has 5 aliphatic rings. The summed E-state index contributed by atoms with van der Waals surface area (Å²) in [7, 11) is 0. The van der Waals surface area contributed by atoms with E-state index < -0.39 is 0 Å². The molecule has 0 saturated heterocycles. The first-order valence-electron chi connectivity index (χ1n) is 19.4. The van der Waals surface area contributed by atoms with E-state index >= 15 is 0 Å². The zero-order valence-corrected chi connectivity index (χ0v) is 30.0. The van der Waals surface area contributed by atoms with Crippen molar-refractivity contribution < 1.29 is 0 Å². The predicted octanol–water partition coefficient (Wildman–Crippen LogP) is 11.8. The Bertz CT molecular complexity index is 2550. The van der Waals surface area contributed by atoms with E-state index in [0.717, 1.165) is 45.2 Å². The zero-order valence-electron chi connectivity index (χ0n) is 30.0. The van der Waals surface area contributed by atoms with Crippen LogP contribution in [0.3, 0.4) is 0 Å². The maximum Gasteiger partial charge on any atom is 0.164 e. The van der Waals surface area contributed by atoms with Crippen LogP contribution in [0.25, 0.3) is 67.5 Å². The molecule has 0 N–H and O–H groups in total. The number of nitrogens with zero attached hydrogens (tertiary/aromatic N) is 4. The summed E-state index contributed by atoms with van der Waals surface area (Å²) in [6, 6.07) is 53.9. The lowest BCUT2D eigenvalue weighted by molar-refractivity contribution is -0.0399. The highest BCUT2D eigenvalue weighted by molar-refractivity contribution is 5.93. The number of benzene rings is 6. The fourth-order valence-corrected chi connectivity index (χ4v) is 11.3. The van der Waals surface area contributed by atoms with Crippen LogP contribution in [0.1, 0.15) is 48.8 Å². The van der Waals surface area contributed by atoms with Crippen molar-refractivity contribution in [2.45, 2.75) is 37.5 Å². The summed E-state index contributed by atoms with van der Waals surface area (Å²) >= 11 is 0. The van der Waals surface area contributed by atoms with Crippen molar-refractivity contribution >= 4 is 0 Å². The Balaban J connectivity index is 1.09. The van der Waals surface area contributed by atoms with Crippen molar-refractivity contribution in [3.8, 4) is 73.6 Å². The van der Waals surface area contributed by atoms with Crippen LogP contribution in [0, 0.1) is 35.0 Å². The van der Waals surface area contributed by atoms with Gasteiger partial charge in [-0.1, -0.05) is 133 Å². The summed E-state index contributed by atoms with van der Waals surface area (Å²) in [5.74, 6) is 4.90. The van der Waals surface area contributed by atoms with Crippen molar-refractivity contribution in [2.75, 3.05) is 0 Å². The quantitative estimate of drug-likeness (QED) is 0.180. The van der Waals surface area contributed by atoms with E-state index in [1.165, 1.54) is 65.5 Å². The van der Waals surface area contributed by atoms with Gasteiger partial charge >= 0.3 is 0 Å². The van der Waals surface area contributed by atoms with Crippen molar-refractivity contribution in [1.29, 1.82) is 5.26 Å². The SMILES string of the molecule is N#Cc1cccc2c1-c1ccc(-c3ccccc3-c3ccccc3-c3nc(-c4ccccc4)nc(-c4ccccc4)n3)cc1C21C2CC3CC(C2)CC1C3. The van der Waals surface area contributed by atoms with Gasteiger partial charge in [-0.15, -0.1) is 0 Å². The first-order valence-corrected chi connectivity index (χ1v) is 19.4. The maximum absolute atomic E-state index is 10.4. The van der Waals surface area contributed by atoms with E-state index in [1.54, 1.807) is 0 Å². The fourth-order valence-electron chi connectivity index (χ4n) is 11.3. The zero-order chi connectivity index (χ0) is 35.8. The Kier molecular flexibility index (Phi) is 7.07. The van der Waals surface area contributed by atoms with Gasteiger partial charge in [0.05, 0.1) is 11.6 Å². The van der Waals surface area contributed by atoms with Crippen molar-refractivity contribution in [3.63, 3.8) is 0 Å². The van der Waals surface area contributed by atoms with Gasteiger partial charge in [0.25, 0.3) is 0 Å². The third-order valence-electron chi connectivity index (χ3n) is 13.2. The molecule has 7 aromatic rings. The standard InChI is InChI=1S/C50H38N4/c51-30-36-16-11-21-44-46(36)43-23-22-35(29-45(43)50(44)37-25-31-24-32(27-37)28-38(50)26-31)39-17-7-8-18-40(39)41-19-9-10-20-42(41)49-53-47(33-12-3-1-4-13-33)52-48(54-49)34-14-5-2-6-15-34/h1-23,29,31-32,37-38H,24-28H2. The third kappa shape index (κ3) is 4.64. The van der Waals surface area contributed by atoms with Crippen molar-refractivity contribution in [2.24, 2.45) is 23.7 Å². The molecule has 0 radical (unpaired) electrons. The second-order valence-electron chi connectivity index (χ2n) is 15.9. The lowest BCUT2D eigenvalue weighted by Crippen LogP contribution is -2.55. The Morgan fingerprint density at radius 1 is 0.444 bits per heavy atom. The van der Waals surface area contributed by atoms with Crippen molar-refractivity contribution in [1.82, 2.24) is 15.0 Å². The first-order chi connectivity index (χ1) is 26.7.